The highest BCUT2D eigenvalue weighted by Gasteiger charge is 2.40. The zero-order valence-electron chi connectivity index (χ0n) is 15.7. The molecule has 5 heteroatoms. The fourth-order valence-corrected chi connectivity index (χ4v) is 4.34. The Kier molecular flexibility index (Phi) is 5.03. The summed E-state index contributed by atoms with van der Waals surface area (Å²) in [6.45, 7) is 3.09. The molecule has 3 fully saturated rings. The molecule has 1 N–H and O–H groups in total. The van der Waals surface area contributed by atoms with Gasteiger partial charge in [-0.2, -0.15) is 0 Å². The summed E-state index contributed by atoms with van der Waals surface area (Å²) in [5, 5.41) is 10.0. The maximum absolute atomic E-state index is 13.0. The average molecular weight is 366 g/mol. The first kappa shape index (κ1) is 17.9. The molecule has 0 aromatic heterocycles. The van der Waals surface area contributed by atoms with Crippen LogP contribution < -0.4 is 4.74 Å². The molecule has 0 spiro atoms. The van der Waals surface area contributed by atoms with Crippen molar-refractivity contribution >= 4 is 5.91 Å². The van der Waals surface area contributed by atoms with Gasteiger partial charge in [0.1, 0.15) is 0 Å². The molecule has 2 aromatic carbocycles. The largest absolute Gasteiger partial charge is 0.504 e. The summed E-state index contributed by atoms with van der Waals surface area (Å²) >= 11 is 0. The first-order valence-electron chi connectivity index (χ1n) is 9.56. The highest BCUT2D eigenvalue weighted by atomic mass is 16.5. The van der Waals surface area contributed by atoms with E-state index in [1.165, 1.54) is 5.56 Å². The van der Waals surface area contributed by atoms with Crippen molar-refractivity contribution < 1.29 is 14.6 Å². The van der Waals surface area contributed by atoms with Crippen LogP contribution in [0.4, 0.5) is 0 Å². The molecule has 3 heterocycles. The number of phenols is 1. The van der Waals surface area contributed by atoms with Gasteiger partial charge in [0.2, 0.25) is 5.91 Å². The minimum absolute atomic E-state index is 0.0688. The smallest absolute Gasteiger partial charge is 0.227 e. The summed E-state index contributed by atoms with van der Waals surface area (Å²) in [5.74, 6) is 1.00. The second kappa shape index (κ2) is 7.61. The Morgan fingerprint density at radius 2 is 1.85 bits per heavy atom. The number of amides is 1. The SMILES string of the molecule is COc1ccc(CN2C[C@@H]3CC[C@H](C2)N(Cc2ccccc2)C3=O)cc1O. The lowest BCUT2D eigenvalue weighted by atomic mass is 9.93. The Bertz CT molecular complexity index is 808. The van der Waals surface area contributed by atoms with Crippen LogP contribution in [0, 0.1) is 5.92 Å². The fourth-order valence-electron chi connectivity index (χ4n) is 4.34. The molecule has 0 aliphatic carbocycles. The van der Waals surface area contributed by atoms with E-state index >= 15 is 0 Å². The molecule has 0 unspecified atom stereocenters. The maximum Gasteiger partial charge on any atom is 0.227 e. The van der Waals surface area contributed by atoms with Gasteiger partial charge < -0.3 is 14.7 Å². The van der Waals surface area contributed by atoms with Crippen molar-refractivity contribution in [2.45, 2.75) is 32.0 Å². The van der Waals surface area contributed by atoms with Gasteiger partial charge in [-0.3, -0.25) is 9.69 Å². The van der Waals surface area contributed by atoms with Crippen LogP contribution in [0.15, 0.2) is 48.5 Å². The monoisotopic (exact) mass is 366 g/mol. The van der Waals surface area contributed by atoms with E-state index in [0.717, 1.165) is 38.0 Å². The number of nitrogens with zero attached hydrogens (tertiary/aromatic N) is 2. The van der Waals surface area contributed by atoms with Crippen molar-refractivity contribution in [3.8, 4) is 11.5 Å². The molecule has 142 valence electrons. The molecule has 5 nitrogen and oxygen atoms in total. The third kappa shape index (κ3) is 3.78. The van der Waals surface area contributed by atoms with Crippen LogP contribution in [-0.2, 0) is 17.9 Å². The van der Waals surface area contributed by atoms with Gasteiger partial charge in [0, 0.05) is 32.2 Å². The number of phenolic OH excluding ortho intramolecular Hbond substituents is 1. The molecule has 0 radical (unpaired) electrons. The fraction of sp³-hybridized carbons (Fsp3) is 0.409. The first-order chi connectivity index (χ1) is 13.1. The molecule has 5 rings (SSSR count). The second-order valence-corrected chi connectivity index (χ2v) is 7.58. The molecular weight excluding hydrogens is 340 g/mol. The number of rotatable bonds is 5. The second-order valence-electron chi connectivity index (χ2n) is 7.58. The lowest BCUT2D eigenvalue weighted by molar-refractivity contribution is -0.140. The number of hydrogen-bond donors (Lipinski definition) is 1. The quantitative estimate of drug-likeness (QED) is 0.884. The van der Waals surface area contributed by atoms with Gasteiger partial charge in [-0.05, 0) is 36.1 Å². The molecule has 2 bridgehead atoms. The topological polar surface area (TPSA) is 53.0 Å². The van der Waals surface area contributed by atoms with Crippen molar-refractivity contribution in [3.63, 3.8) is 0 Å². The number of carbonyl (C=O) groups excluding carboxylic acids is 1. The number of methoxy groups -OCH3 is 1. The Balaban J connectivity index is 1.49. The normalized spacial score (nSPS) is 22.7. The standard InChI is InChI=1S/C22H26N2O3/c1-27-21-10-7-17(11-20(21)25)12-23-14-18-8-9-19(15-23)24(22(18)26)13-16-5-3-2-4-6-16/h2-7,10-11,18-19,25H,8-9,12-15H2,1H3/t18-,19+/m0/s1. The number of ether oxygens (including phenoxy) is 1. The van der Waals surface area contributed by atoms with Gasteiger partial charge in [-0.25, -0.2) is 0 Å². The average Bonchev–Trinajstić information content (AvgIpc) is 2.94. The van der Waals surface area contributed by atoms with Gasteiger partial charge in [-0.1, -0.05) is 36.4 Å². The van der Waals surface area contributed by atoms with Gasteiger partial charge in [-0.15, -0.1) is 0 Å². The number of carbonyl (C=O) groups is 1. The van der Waals surface area contributed by atoms with Crippen molar-refractivity contribution in [2.24, 2.45) is 5.92 Å². The Hall–Kier alpha value is -2.53. The summed E-state index contributed by atoms with van der Waals surface area (Å²) in [7, 11) is 1.55. The Morgan fingerprint density at radius 3 is 2.59 bits per heavy atom. The first-order valence-corrected chi connectivity index (χ1v) is 9.56. The van der Waals surface area contributed by atoms with E-state index in [9.17, 15) is 9.90 Å². The minimum atomic E-state index is 0.0688. The molecule has 2 aromatic rings. The molecule has 2 atom stereocenters. The predicted octanol–water partition coefficient (Wildman–Crippen LogP) is 3.02. The summed E-state index contributed by atoms with van der Waals surface area (Å²) in [6, 6.07) is 16.0. The zero-order valence-corrected chi connectivity index (χ0v) is 15.7. The number of hydrogen-bond acceptors (Lipinski definition) is 4. The lowest BCUT2D eigenvalue weighted by Crippen LogP contribution is -2.47. The van der Waals surface area contributed by atoms with E-state index in [2.05, 4.69) is 21.9 Å². The van der Waals surface area contributed by atoms with Crippen molar-refractivity contribution in [3.05, 3.63) is 59.7 Å². The van der Waals surface area contributed by atoms with Crippen LogP contribution >= 0.6 is 0 Å². The molecule has 3 aliphatic rings. The molecule has 0 saturated carbocycles. The summed E-state index contributed by atoms with van der Waals surface area (Å²) < 4.78 is 5.12. The third-order valence-electron chi connectivity index (χ3n) is 5.71. The van der Waals surface area contributed by atoms with E-state index in [-0.39, 0.29) is 23.6 Å². The van der Waals surface area contributed by atoms with Gasteiger partial charge in [0.05, 0.1) is 13.0 Å². The van der Waals surface area contributed by atoms with Crippen LogP contribution in [-0.4, -0.2) is 47.1 Å². The van der Waals surface area contributed by atoms with Crippen molar-refractivity contribution in [1.82, 2.24) is 9.80 Å². The van der Waals surface area contributed by atoms with Gasteiger partial charge >= 0.3 is 0 Å². The van der Waals surface area contributed by atoms with Gasteiger partial charge in [0.25, 0.3) is 0 Å². The van der Waals surface area contributed by atoms with Crippen molar-refractivity contribution in [2.75, 3.05) is 20.2 Å². The number of fused-ring (bicyclic) bond motifs is 4. The van der Waals surface area contributed by atoms with E-state index in [1.807, 2.05) is 24.3 Å². The Morgan fingerprint density at radius 1 is 1.04 bits per heavy atom. The highest BCUT2D eigenvalue weighted by molar-refractivity contribution is 5.80. The van der Waals surface area contributed by atoms with E-state index in [0.29, 0.717) is 12.3 Å². The molecule has 27 heavy (non-hydrogen) atoms. The minimum Gasteiger partial charge on any atom is -0.504 e. The summed E-state index contributed by atoms with van der Waals surface area (Å²) in [6.07, 6.45) is 2.03. The van der Waals surface area contributed by atoms with Crippen LogP contribution in [0.25, 0.3) is 0 Å². The summed E-state index contributed by atoms with van der Waals surface area (Å²) in [5.41, 5.74) is 2.22. The number of aromatic hydroxyl groups is 1. The number of piperidine rings is 1. The molecule has 3 saturated heterocycles. The van der Waals surface area contributed by atoms with Crippen molar-refractivity contribution in [1.29, 1.82) is 0 Å². The molecule has 1 amide bonds. The highest BCUT2D eigenvalue weighted by Crippen LogP contribution is 2.32. The summed E-state index contributed by atoms with van der Waals surface area (Å²) in [4.78, 5) is 17.4. The van der Waals surface area contributed by atoms with Crippen LogP contribution in [0.2, 0.25) is 0 Å². The van der Waals surface area contributed by atoms with E-state index in [1.54, 1.807) is 19.2 Å². The Labute approximate surface area is 160 Å². The number of benzene rings is 2. The van der Waals surface area contributed by atoms with Crippen LogP contribution in [0.5, 0.6) is 11.5 Å². The van der Waals surface area contributed by atoms with Gasteiger partial charge in [0.15, 0.2) is 11.5 Å². The third-order valence-corrected chi connectivity index (χ3v) is 5.71. The zero-order chi connectivity index (χ0) is 18.8. The molecular formula is C22H26N2O3. The predicted molar refractivity (Wildman–Crippen MR) is 103 cm³/mol. The molecule has 3 aliphatic heterocycles. The van der Waals surface area contributed by atoms with E-state index < -0.39 is 0 Å². The van der Waals surface area contributed by atoms with Crippen LogP contribution in [0.1, 0.15) is 24.0 Å². The van der Waals surface area contributed by atoms with E-state index in [4.69, 9.17) is 4.74 Å². The van der Waals surface area contributed by atoms with Crippen LogP contribution in [0.3, 0.4) is 0 Å². The lowest BCUT2D eigenvalue weighted by Gasteiger charge is -2.36. The maximum atomic E-state index is 13.0.